The standard InChI is InChI=1S/C29H37N5O2/c1-22(2)11-17-34-28(36)33(16-5-6-23-9-14-30-15-10-23)27(35)29(34)12-18-32(19-13-29)21-25-20-24-7-3-4-8-26(24)31-25/h3-4,7-10,14-15,20,22,31H,5-6,11-13,16-19,21H2,1-2H3. The largest absolute Gasteiger partial charge is 0.357 e. The number of pyridine rings is 1. The van der Waals surface area contributed by atoms with E-state index in [1.807, 2.05) is 23.1 Å². The molecular weight excluding hydrogens is 450 g/mol. The summed E-state index contributed by atoms with van der Waals surface area (Å²) < 4.78 is 0. The molecule has 2 aliphatic heterocycles. The summed E-state index contributed by atoms with van der Waals surface area (Å²) in [5.74, 6) is 0.490. The van der Waals surface area contributed by atoms with Crippen LogP contribution in [0.3, 0.4) is 0 Å². The number of para-hydroxylation sites is 1. The monoisotopic (exact) mass is 487 g/mol. The molecule has 1 spiro atoms. The van der Waals surface area contributed by atoms with Gasteiger partial charge in [0.1, 0.15) is 5.54 Å². The minimum atomic E-state index is -0.695. The topological polar surface area (TPSA) is 72.5 Å². The van der Waals surface area contributed by atoms with E-state index in [1.54, 1.807) is 12.4 Å². The Bertz CT molecular complexity index is 1160. The van der Waals surface area contributed by atoms with Crippen LogP contribution in [-0.2, 0) is 17.8 Å². The lowest BCUT2D eigenvalue weighted by Gasteiger charge is -2.42. The zero-order valence-corrected chi connectivity index (χ0v) is 21.4. The molecule has 36 heavy (non-hydrogen) atoms. The molecule has 4 heterocycles. The number of benzene rings is 1. The summed E-state index contributed by atoms with van der Waals surface area (Å²) in [6.07, 6.45) is 7.46. The second-order valence-electron chi connectivity index (χ2n) is 10.7. The maximum atomic E-state index is 13.8. The first-order valence-electron chi connectivity index (χ1n) is 13.3. The highest BCUT2D eigenvalue weighted by Gasteiger charge is 2.57. The SMILES string of the molecule is CC(C)CCN1C(=O)N(CCCc2ccncc2)C(=O)C12CCN(Cc1cc3ccccc3[nH]1)CC2. The molecule has 190 valence electrons. The Hall–Kier alpha value is -3.19. The Morgan fingerprint density at radius 3 is 2.50 bits per heavy atom. The van der Waals surface area contributed by atoms with Crippen molar-refractivity contribution in [3.63, 3.8) is 0 Å². The minimum absolute atomic E-state index is 0.0104. The van der Waals surface area contributed by atoms with Crippen molar-refractivity contribution >= 4 is 22.8 Å². The summed E-state index contributed by atoms with van der Waals surface area (Å²) in [5.41, 5.74) is 2.83. The fourth-order valence-corrected chi connectivity index (χ4v) is 5.69. The molecule has 7 heteroatoms. The van der Waals surface area contributed by atoms with Gasteiger partial charge in [0.05, 0.1) is 0 Å². The van der Waals surface area contributed by atoms with Crippen LogP contribution < -0.4 is 0 Å². The van der Waals surface area contributed by atoms with Crippen LogP contribution >= 0.6 is 0 Å². The third-order valence-electron chi connectivity index (χ3n) is 7.81. The Morgan fingerprint density at radius 2 is 1.78 bits per heavy atom. The normalized spacial score (nSPS) is 18.3. The molecule has 0 aliphatic carbocycles. The van der Waals surface area contributed by atoms with Gasteiger partial charge in [-0.1, -0.05) is 32.0 Å². The lowest BCUT2D eigenvalue weighted by Crippen LogP contribution is -2.56. The second-order valence-corrected chi connectivity index (χ2v) is 10.7. The number of carbonyl (C=O) groups is 2. The van der Waals surface area contributed by atoms with Gasteiger partial charge in [0, 0.05) is 56.3 Å². The van der Waals surface area contributed by atoms with Crippen LogP contribution in [0, 0.1) is 5.92 Å². The van der Waals surface area contributed by atoms with Crippen LogP contribution in [0.5, 0.6) is 0 Å². The van der Waals surface area contributed by atoms with Crippen LogP contribution in [0.4, 0.5) is 4.79 Å². The highest BCUT2D eigenvalue weighted by Crippen LogP contribution is 2.38. The molecule has 5 rings (SSSR count). The Morgan fingerprint density at radius 1 is 1.03 bits per heavy atom. The first-order valence-corrected chi connectivity index (χ1v) is 13.3. The third-order valence-corrected chi connectivity index (χ3v) is 7.81. The van der Waals surface area contributed by atoms with Crippen LogP contribution in [0.15, 0.2) is 54.9 Å². The van der Waals surface area contributed by atoms with Gasteiger partial charge in [0.25, 0.3) is 5.91 Å². The summed E-state index contributed by atoms with van der Waals surface area (Å²) in [6, 6.07) is 14.4. The van der Waals surface area contributed by atoms with Crippen molar-refractivity contribution in [3.8, 4) is 0 Å². The number of piperidine rings is 1. The fraction of sp³-hybridized carbons (Fsp3) is 0.483. The number of H-pyrrole nitrogens is 1. The van der Waals surface area contributed by atoms with Gasteiger partial charge in [-0.25, -0.2) is 4.79 Å². The predicted octanol–water partition coefficient (Wildman–Crippen LogP) is 4.84. The maximum Gasteiger partial charge on any atom is 0.327 e. The molecule has 0 bridgehead atoms. The van der Waals surface area contributed by atoms with Crippen molar-refractivity contribution in [1.82, 2.24) is 24.7 Å². The molecule has 0 saturated carbocycles. The van der Waals surface area contributed by atoms with Crippen molar-refractivity contribution < 1.29 is 9.59 Å². The molecule has 2 saturated heterocycles. The first-order chi connectivity index (χ1) is 17.5. The van der Waals surface area contributed by atoms with E-state index >= 15 is 0 Å². The van der Waals surface area contributed by atoms with E-state index in [2.05, 4.69) is 53.0 Å². The Balaban J connectivity index is 1.26. The average Bonchev–Trinajstić information content (AvgIpc) is 3.37. The molecule has 3 amide bonds. The molecule has 2 aliphatic rings. The molecular formula is C29H37N5O2. The number of carbonyl (C=O) groups excluding carboxylic acids is 2. The van der Waals surface area contributed by atoms with E-state index in [0.717, 1.165) is 44.4 Å². The molecule has 2 fully saturated rings. The zero-order valence-electron chi connectivity index (χ0n) is 21.4. The second kappa shape index (κ2) is 10.4. The van der Waals surface area contributed by atoms with Crippen molar-refractivity contribution in [1.29, 1.82) is 0 Å². The number of fused-ring (bicyclic) bond motifs is 1. The molecule has 0 radical (unpaired) electrons. The van der Waals surface area contributed by atoms with Gasteiger partial charge in [-0.2, -0.15) is 0 Å². The molecule has 1 N–H and O–H groups in total. The Kier molecular flexibility index (Phi) is 7.10. The molecule has 3 aromatic rings. The lowest BCUT2D eigenvalue weighted by atomic mass is 9.85. The smallest absolute Gasteiger partial charge is 0.327 e. The number of rotatable bonds is 9. The van der Waals surface area contributed by atoms with Gasteiger partial charge in [-0.15, -0.1) is 0 Å². The van der Waals surface area contributed by atoms with Crippen molar-refractivity contribution in [2.24, 2.45) is 5.92 Å². The van der Waals surface area contributed by atoms with Crippen LogP contribution in [0.2, 0.25) is 0 Å². The van der Waals surface area contributed by atoms with Crippen LogP contribution in [0.25, 0.3) is 10.9 Å². The Labute approximate surface area is 213 Å². The molecule has 0 unspecified atom stereocenters. The number of amides is 3. The average molecular weight is 488 g/mol. The van der Waals surface area contributed by atoms with Crippen molar-refractivity contribution in [2.45, 2.75) is 58.0 Å². The van der Waals surface area contributed by atoms with E-state index < -0.39 is 5.54 Å². The summed E-state index contributed by atoms with van der Waals surface area (Å²) in [7, 11) is 0. The van der Waals surface area contributed by atoms with Crippen molar-refractivity contribution in [3.05, 3.63) is 66.1 Å². The van der Waals surface area contributed by atoms with E-state index in [0.29, 0.717) is 31.8 Å². The van der Waals surface area contributed by atoms with Gasteiger partial charge in [0.2, 0.25) is 0 Å². The molecule has 7 nitrogen and oxygen atoms in total. The number of nitrogens with zero attached hydrogens (tertiary/aromatic N) is 4. The minimum Gasteiger partial charge on any atom is -0.357 e. The lowest BCUT2D eigenvalue weighted by molar-refractivity contribution is -0.135. The van der Waals surface area contributed by atoms with E-state index in [-0.39, 0.29) is 11.9 Å². The first kappa shape index (κ1) is 24.5. The number of hydrogen-bond acceptors (Lipinski definition) is 4. The number of aryl methyl sites for hydroxylation is 1. The highest BCUT2D eigenvalue weighted by atomic mass is 16.2. The van der Waals surface area contributed by atoms with Gasteiger partial charge < -0.3 is 9.88 Å². The van der Waals surface area contributed by atoms with Crippen LogP contribution in [0.1, 0.15) is 50.8 Å². The summed E-state index contributed by atoms with van der Waals surface area (Å²) >= 11 is 0. The molecule has 0 atom stereocenters. The van der Waals surface area contributed by atoms with Gasteiger partial charge >= 0.3 is 6.03 Å². The number of urea groups is 1. The molecule has 2 aromatic heterocycles. The number of hydrogen-bond donors (Lipinski definition) is 1. The third kappa shape index (κ3) is 4.89. The van der Waals surface area contributed by atoms with Gasteiger partial charge in [-0.3, -0.25) is 19.6 Å². The van der Waals surface area contributed by atoms with Crippen molar-refractivity contribution in [2.75, 3.05) is 26.2 Å². The highest BCUT2D eigenvalue weighted by molar-refractivity contribution is 6.07. The summed E-state index contributed by atoms with van der Waals surface area (Å²) in [5, 5.41) is 1.22. The summed E-state index contributed by atoms with van der Waals surface area (Å²) in [6.45, 7) is 7.89. The molecule has 1 aromatic carbocycles. The number of likely N-dealkylation sites (tertiary alicyclic amines) is 1. The number of nitrogens with one attached hydrogen (secondary N) is 1. The van der Waals surface area contributed by atoms with E-state index in [9.17, 15) is 9.59 Å². The van der Waals surface area contributed by atoms with Crippen LogP contribution in [-0.4, -0.2) is 68.3 Å². The number of aromatic nitrogens is 2. The zero-order chi connectivity index (χ0) is 25.1. The van der Waals surface area contributed by atoms with E-state index in [4.69, 9.17) is 0 Å². The quantitative estimate of drug-likeness (QED) is 0.439. The number of imide groups is 1. The van der Waals surface area contributed by atoms with Gasteiger partial charge in [0.15, 0.2) is 0 Å². The number of aromatic amines is 1. The summed E-state index contributed by atoms with van der Waals surface area (Å²) in [4.78, 5) is 40.8. The predicted molar refractivity (Wildman–Crippen MR) is 141 cm³/mol. The maximum absolute atomic E-state index is 13.8. The van der Waals surface area contributed by atoms with Gasteiger partial charge in [-0.05, 0) is 73.2 Å². The fourth-order valence-electron chi connectivity index (χ4n) is 5.69. The van der Waals surface area contributed by atoms with E-state index in [1.165, 1.54) is 21.5 Å².